The van der Waals surface area contributed by atoms with Gasteiger partial charge in [0.1, 0.15) is 0 Å². The molecule has 1 N–H and O–H groups in total. The highest BCUT2D eigenvalue weighted by atomic mass is 19.4. The van der Waals surface area contributed by atoms with Gasteiger partial charge in [0.15, 0.2) is 6.10 Å². The lowest BCUT2D eigenvalue weighted by molar-refractivity contribution is -0.222. The fraction of sp³-hybridized carbons (Fsp3) is 0.857. The lowest BCUT2D eigenvalue weighted by Crippen LogP contribution is -2.39. The van der Waals surface area contributed by atoms with Crippen LogP contribution in [0.1, 0.15) is 13.8 Å². The van der Waals surface area contributed by atoms with Gasteiger partial charge in [0.2, 0.25) is 0 Å². The molecule has 0 bridgehead atoms. The molecule has 0 unspecified atom stereocenters. The van der Waals surface area contributed by atoms with Crippen LogP contribution in [0.3, 0.4) is 0 Å². The van der Waals surface area contributed by atoms with Crippen LogP contribution >= 0.6 is 0 Å². The summed E-state index contributed by atoms with van der Waals surface area (Å²) in [6.45, 7) is 2.44. The summed E-state index contributed by atoms with van der Waals surface area (Å²) in [6.07, 6.45) is -7.45. The molecule has 0 radical (unpaired) electrons. The summed E-state index contributed by atoms with van der Waals surface area (Å²) in [5, 5.41) is 8.63. The first-order valence-corrected chi connectivity index (χ1v) is 3.72. The highest BCUT2D eigenvalue weighted by molar-refractivity contribution is 5.72. The molecule has 0 amide bonds. The van der Waals surface area contributed by atoms with Crippen LogP contribution in [0.15, 0.2) is 0 Å². The Morgan fingerprint density at radius 2 is 2.00 bits per heavy atom. The average molecular weight is 200 g/mol. The second kappa shape index (κ2) is 4.45. The predicted molar refractivity (Wildman–Crippen MR) is 37.9 cm³/mol. The molecule has 0 aromatic rings. The molecule has 0 saturated carbocycles. The van der Waals surface area contributed by atoms with E-state index < -0.39 is 24.2 Å². The predicted octanol–water partition coefficient (Wildman–Crippen LogP) is 1.11. The Kier molecular flexibility index (Phi) is 4.19. The zero-order valence-corrected chi connectivity index (χ0v) is 7.26. The number of hydrogen-bond donors (Lipinski definition) is 1. The van der Waals surface area contributed by atoms with Crippen molar-refractivity contribution in [3.05, 3.63) is 0 Å². The second-order valence-corrected chi connectivity index (χ2v) is 2.53. The number of alkyl halides is 3. The van der Waals surface area contributed by atoms with Gasteiger partial charge in [-0.3, -0.25) is 4.79 Å². The summed E-state index contributed by atoms with van der Waals surface area (Å²) in [5.41, 5.74) is 0. The van der Waals surface area contributed by atoms with Crippen LogP contribution in [-0.4, -0.2) is 30.0 Å². The van der Waals surface area contributed by atoms with Crippen molar-refractivity contribution in [3.63, 3.8) is 0 Å². The minimum atomic E-state index is -4.79. The molecular weight excluding hydrogens is 189 g/mol. The van der Waals surface area contributed by atoms with Crippen LogP contribution in [-0.2, 0) is 9.53 Å². The molecule has 78 valence electrons. The van der Waals surface area contributed by atoms with Crippen LogP contribution < -0.4 is 0 Å². The Hall–Kier alpha value is -0.780. The normalized spacial score (nSPS) is 16.5. The Morgan fingerprint density at radius 3 is 2.31 bits per heavy atom. The van der Waals surface area contributed by atoms with Crippen molar-refractivity contribution in [1.29, 1.82) is 0 Å². The van der Waals surface area contributed by atoms with Crippen LogP contribution in [0.4, 0.5) is 13.2 Å². The number of rotatable bonds is 3. The first kappa shape index (κ1) is 12.2. The molecule has 0 aliphatic rings. The lowest BCUT2D eigenvalue weighted by atomic mass is 10.1. The first-order valence-electron chi connectivity index (χ1n) is 3.72. The third-order valence-electron chi connectivity index (χ3n) is 1.47. The number of hydrogen-bond acceptors (Lipinski definition) is 3. The molecule has 0 aliphatic carbocycles. The van der Waals surface area contributed by atoms with E-state index in [1.54, 1.807) is 0 Å². The molecule has 0 saturated heterocycles. The van der Waals surface area contributed by atoms with Crippen LogP contribution in [0.2, 0.25) is 0 Å². The van der Waals surface area contributed by atoms with Gasteiger partial charge in [-0.25, -0.2) is 0 Å². The SMILES string of the molecule is CCOC(=O)[C@H](C)[C@H](O)C(F)(F)F. The molecule has 6 heteroatoms. The molecule has 2 atom stereocenters. The quantitative estimate of drug-likeness (QED) is 0.694. The maximum atomic E-state index is 11.8. The highest BCUT2D eigenvalue weighted by Crippen LogP contribution is 2.25. The van der Waals surface area contributed by atoms with E-state index >= 15 is 0 Å². The fourth-order valence-corrected chi connectivity index (χ4v) is 0.686. The van der Waals surface area contributed by atoms with E-state index in [-0.39, 0.29) is 6.61 Å². The Labute approximate surface area is 73.5 Å². The summed E-state index contributed by atoms with van der Waals surface area (Å²) in [6, 6.07) is 0. The van der Waals surface area contributed by atoms with Gasteiger partial charge in [-0.05, 0) is 13.8 Å². The van der Waals surface area contributed by atoms with E-state index in [9.17, 15) is 18.0 Å². The number of ether oxygens (including phenoxy) is 1. The highest BCUT2D eigenvalue weighted by Gasteiger charge is 2.44. The second-order valence-electron chi connectivity index (χ2n) is 2.53. The number of carbonyl (C=O) groups excluding carboxylic acids is 1. The Balaban J connectivity index is 4.25. The van der Waals surface area contributed by atoms with Gasteiger partial charge in [-0.15, -0.1) is 0 Å². The van der Waals surface area contributed by atoms with E-state index in [1.807, 2.05) is 0 Å². The van der Waals surface area contributed by atoms with Crippen LogP contribution in [0, 0.1) is 5.92 Å². The van der Waals surface area contributed by atoms with Crippen molar-refractivity contribution in [2.75, 3.05) is 6.61 Å². The molecular formula is C7H11F3O3. The number of aliphatic hydroxyl groups is 1. The van der Waals surface area contributed by atoms with Gasteiger partial charge in [-0.1, -0.05) is 0 Å². The van der Waals surface area contributed by atoms with Crippen LogP contribution in [0.25, 0.3) is 0 Å². The van der Waals surface area contributed by atoms with Crippen molar-refractivity contribution in [1.82, 2.24) is 0 Å². The van der Waals surface area contributed by atoms with E-state index in [4.69, 9.17) is 5.11 Å². The Morgan fingerprint density at radius 1 is 1.54 bits per heavy atom. The summed E-state index contributed by atoms with van der Waals surface area (Å²) >= 11 is 0. The molecule has 13 heavy (non-hydrogen) atoms. The summed E-state index contributed by atoms with van der Waals surface area (Å²) in [4.78, 5) is 10.7. The summed E-state index contributed by atoms with van der Waals surface area (Å²) in [5.74, 6) is -2.63. The maximum Gasteiger partial charge on any atom is 0.415 e. The Bertz CT molecular complexity index is 178. The van der Waals surface area contributed by atoms with Crippen molar-refractivity contribution in [3.8, 4) is 0 Å². The minimum Gasteiger partial charge on any atom is -0.466 e. The molecule has 0 fully saturated rings. The van der Waals surface area contributed by atoms with E-state index in [0.717, 1.165) is 6.92 Å². The van der Waals surface area contributed by atoms with Gasteiger partial charge in [0, 0.05) is 0 Å². The van der Waals surface area contributed by atoms with Gasteiger partial charge < -0.3 is 9.84 Å². The molecule has 0 aromatic heterocycles. The van der Waals surface area contributed by atoms with E-state index in [0.29, 0.717) is 0 Å². The zero-order chi connectivity index (χ0) is 10.6. The third kappa shape index (κ3) is 3.63. The average Bonchev–Trinajstić information content (AvgIpc) is 2.00. The van der Waals surface area contributed by atoms with Gasteiger partial charge in [-0.2, -0.15) is 13.2 Å². The summed E-state index contributed by atoms with van der Waals surface area (Å²) in [7, 11) is 0. The molecule has 0 aliphatic heterocycles. The molecule has 0 rings (SSSR count). The summed E-state index contributed by atoms with van der Waals surface area (Å²) < 4.78 is 39.8. The smallest absolute Gasteiger partial charge is 0.415 e. The van der Waals surface area contributed by atoms with Gasteiger partial charge in [0.25, 0.3) is 0 Å². The van der Waals surface area contributed by atoms with Crippen molar-refractivity contribution in [2.45, 2.75) is 26.1 Å². The number of esters is 1. The van der Waals surface area contributed by atoms with Gasteiger partial charge in [0.05, 0.1) is 12.5 Å². The monoisotopic (exact) mass is 200 g/mol. The van der Waals surface area contributed by atoms with Crippen LogP contribution in [0.5, 0.6) is 0 Å². The van der Waals surface area contributed by atoms with Crippen molar-refractivity contribution in [2.24, 2.45) is 5.92 Å². The molecule has 0 spiro atoms. The largest absolute Gasteiger partial charge is 0.466 e. The van der Waals surface area contributed by atoms with Crippen molar-refractivity contribution >= 4 is 5.97 Å². The number of aliphatic hydroxyl groups excluding tert-OH is 1. The topological polar surface area (TPSA) is 46.5 Å². The number of halogens is 3. The lowest BCUT2D eigenvalue weighted by Gasteiger charge is -2.19. The number of carbonyl (C=O) groups is 1. The molecule has 0 heterocycles. The van der Waals surface area contributed by atoms with Gasteiger partial charge >= 0.3 is 12.1 Å². The zero-order valence-electron chi connectivity index (χ0n) is 7.26. The van der Waals surface area contributed by atoms with E-state index in [1.165, 1.54) is 6.92 Å². The molecule has 0 aromatic carbocycles. The fourth-order valence-electron chi connectivity index (χ4n) is 0.686. The van der Waals surface area contributed by atoms with Crippen molar-refractivity contribution < 1.29 is 27.8 Å². The molecule has 3 nitrogen and oxygen atoms in total. The standard InChI is InChI=1S/C7H11F3O3/c1-3-13-6(12)4(2)5(11)7(8,9)10/h4-5,11H,3H2,1-2H3/t4-,5+/m1/s1. The third-order valence-corrected chi connectivity index (χ3v) is 1.47. The minimum absolute atomic E-state index is 0.00620. The first-order chi connectivity index (χ1) is 5.80. The maximum absolute atomic E-state index is 11.8. The van der Waals surface area contributed by atoms with E-state index in [2.05, 4.69) is 4.74 Å².